The van der Waals surface area contributed by atoms with Gasteiger partial charge in [-0.05, 0) is 29.5 Å². The highest BCUT2D eigenvalue weighted by Crippen LogP contribution is 2.19. The molecule has 0 fully saturated rings. The van der Waals surface area contributed by atoms with Crippen LogP contribution in [0.4, 0.5) is 0 Å². The summed E-state index contributed by atoms with van der Waals surface area (Å²) in [7, 11) is 0. The van der Waals surface area contributed by atoms with Crippen LogP contribution in [0.1, 0.15) is 12.0 Å². The van der Waals surface area contributed by atoms with E-state index in [2.05, 4.69) is 36.4 Å². The van der Waals surface area contributed by atoms with Gasteiger partial charge in [-0.2, -0.15) is 0 Å². The van der Waals surface area contributed by atoms with Crippen molar-refractivity contribution in [3.05, 3.63) is 60.2 Å². The summed E-state index contributed by atoms with van der Waals surface area (Å²) in [6.07, 6.45) is 0.695. The number of rotatable bonds is 4. The standard InChI is InChI=1S/C15H17NO/c16-15(17)11-8-12-6-9-14(10-7-12)13-4-2-1-3-5-13/h1-7,9-10,15,17H,8,11,16H2. The van der Waals surface area contributed by atoms with E-state index in [4.69, 9.17) is 10.8 Å². The van der Waals surface area contributed by atoms with Crippen LogP contribution in [0.5, 0.6) is 0 Å². The number of aliphatic hydroxyl groups is 1. The average molecular weight is 227 g/mol. The Hall–Kier alpha value is -1.64. The zero-order valence-corrected chi connectivity index (χ0v) is 9.71. The Morgan fingerprint density at radius 2 is 1.47 bits per heavy atom. The van der Waals surface area contributed by atoms with E-state index >= 15 is 0 Å². The van der Waals surface area contributed by atoms with Crippen LogP contribution in [0, 0.1) is 0 Å². The van der Waals surface area contributed by atoms with Crippen molar-refractivity contribution < 1.29 is 5.11 Å². The first-order valence-electron chi connectivity index (χ1n) is 5.84. The molecule has 0 saturated heterocycles. The molecule has 1 unspecified atom stereocenters. The lowest BCUT2D eigenvalue weighted by Crippen LogP contribution is -2.19. The second-order valence-electron chi connectivity index (χ2n) is 4.17. The normalized spacial score (nSPS) is 12.4. The molecule has 2 aromatic carbocycles. The molecule has 2 aromatic rings. The molecule has 0 aliphatic carbocycles. The predicted molar refractivity (Wildman–Crippen MR) is 70.4 cm³/mol. The molecule has 3 N–H and O–H groups in total. The van der Waals surface area contributed by atoms with Gasteiger partial charge in [0.1, 0.15) is 6.23 Å². The van der Waals surface area contributed by atoms with E-state index in [1.165, 1.54) is 16.7 Å². The van der Waals surface area contributed by atoms with Crippen molar-refractivity contribution in [2.75, 3.05) is 0 Å². The Bertz CT molecular complexity index is 448. The minimum absolute atomic E-state index is 0.602. The van der Waals surface area contributed by atoms with Gasteiger partial charge in [-0.3, -0.25) is 0 Å². The average Bonchev–Trinajstić information content (AvgIpc) is 2.38. The second-order valence-corrected chi connectivity index (χ2v) is 4.17. The van der Waals surface area contributed by atoms with Crippen LogP contribution < -0.4 is 5.73 Å². The Labute approximate surface area is 102 Å². The number of hydrogen-bond donors (Lipinski definition) is 2. The highest BCUT2D eigenvalue weighted by molar-refractivity contribution is 5.63. The molecular weight excluding hydrogens is 210 g/mol. The summed E-state index contributed by atoms with van der Waals surface area (Å²) in [6, 6.07) is 18.7. The number of benzene rings is 2. The van der Waals surface area contributed by atoms with Crippen molar-refractivity contribution in [1.29, 1.82) is 0 Å². The summed E-state index contributed by atoms with van der Waals surface area (Å²) in [4.78, 5) is 0. The zero-order valence-electron chi connectivity index (χ0n) is 9.71. The highest BCUT2D eigenvalue weighted by atomic mass is 16.3. The number of nitrogens with two attached hydrogens (primary N) is 1. The summed E-state index contributed by atoms with van der Waals surface area (Å²) < 4.78 is 0. The molecule has 88 valence electrons. The highest BCUT2D eigenvalue weighted by Gasteiger charge is 1.99. The Balaban J connectivity index is 2.08. The first-order valence-corrected chi connectivity index (χ1v) is 5.84. The molecule has 0 aliphatic heterocycles. The van der Waals surface area contributed by atoms with E-state index in [0.717, 1.165) is 6.42 Å². The van der Waals surface area contributed by atoms with Gasteiger partial charge in [0.15, 0.2) is 0 Å². The van der Waals surface area contributed by atoms with E-state index in [9.17, 15) is 0 Å². The van der Waals surface area contributed by atoms with Crippen molar-refractivity contribution >= 4 is 0 Å². The van der Waals surface area contributed by atoms with E-state index in [1.807, 2.05) is 18.2 Å². The van der Waals surface area contributed by atoms with Crippen LogP contribution >= 0.6 is 0 Å². The third kappa shape index (κ3) is 3.41. The number of hydrogen-bond acceptors (Lipinski definition) is 2. The van der Waals surface area contributed by atoms with Crippen LogP contribution in [0.3, 0.4) is 0 Å². The fourth-order valence-electron chi connectivity index (χ4n) is 1.81. The first-order chi connectivity index (χ1) is 8.25. The Morgan fingerprint density at radius 3 is 2.06 bits per heavy atom. The maximum Gasteiger partial charge on any atom is 0.102 e. The molecule has 0 heterocycles. The molecule has 0 aliphatic rings. The molecule has 17 heavy (non-hydrogen) atoms. The minimum Gasteiger partial charge on any atom is -0.379 e. The third-order valence-electron chi connectivity index (χ3n) is 2.79. The summed E-state index contributed by atoms with van der Waals surface area (Å²) in [5.41, 5.74) is 8.95. The zero-order chi connectivity index (χ0) is 12.1. The molecule has 2 nitrogen and oxygen atoms in total. The fraction of sp³-hybridized carbons (Fsp3) is 0.200. The SMILES string of the molecule is NC(O)CCc1ccc(-c2ccccc2)cc1. The first kappa shape index (κ1) is 11.8. The largest absolute Gasteiger partial charge is 0.379 e. The van der Waals surface area contributed by atoms with Crippen molar-refractivity contribution in [3.63, 3.8) is 0 Å². The maximum absolute atomic E-state index is 9.02. The van der Waals surface area contributed by atoms with Crippen LogP contribution in [0.2, 0.25) is 0 Å². The summed E-state index contributed by atoms with van der Waals surface area (Å²) in [5.74, 6) is 0. The summed E-state index contributed by atoms with van der Waals surface area (Å²) >= 11 is 0. The lowest BCUT2D eigenvalue weighted by atomic mass is 10.0. The van der Waals surface area contributed by atoms with Gasteiger partial charge in [0.2, 0.25) is 0 Å². The van der Waals surface area contributed by atoms with Gasteiger partial charge in [0.25, 0.3) is 0 Å². The predicted octanol–water partition coefficient (Wildman–Crippen LogP) is 2.56. The molecular formula is C15H17NO. The molecule has 0 spiro atoms. The molecule has 0 saturated carbocycles. The second kappa shape index (κ2) is 5.62. The molecule has 0 bridgehead atoms. The molecule has 0 aromatic heterocycles. The van der Waals surface area contributed by atoms with E-state index < -0.39 is 6.23 Å². The monoisotopic (exact) mass is 227 g/mol. The van der Waals surface area contributed by atoms with Crippen molar-refractivity contribution in [2.24, 2.45) is 5.73 Å². The maximum atomic E-state index is 9.02. The van der Waals surface area contributed by atoms with Crippen molar-refractivity contribution in [2.45, 2.75) is 19.1 Å². The molecule has 0 amide bonds. The van der Waals surface area contributed by atoms with Gasteiger partial charge in [-0.15, -0.1) is 0 Å². The summed E-state index contributed by atoms with van der Waals surface area (Å²) in [5, 5.41) is 9.02. The molecule has 1 atom stereocenters. The van der Waals surface area contributed by atoms with E-state index in [-0.39, 0.29) is 0 Å². The van der Waals surface area contributed by atoms with Gasteiger partial charge in [0.05, 0.1) is 0 Å². The van der Waals surface area contributed by atoms with Crippen LogP contribution in [-0.2, 0) is 6.42 Å². The Kier molecular flexibility index (Phi) is 3.91. The van der Waals surface area contributed by atoms with Gasteiger partial charge in [-0.25, -0.2) is 0 Å². The van der Waals surface area contributed by atoms with Crippen molar-refractivity contribution in [1.82, 2.24) is 0 Å². The molecule has 2 rings (SSSR count). The van der Waals surface area contributed by atoms with Gasteiger partial charge in [0, 0.05) is 0 Å². The lowest BCUT2D eigenvalue weighted by molar-refractivity contribution is 0.172. The number of aliphatic hydroxyl groups excluding tert-OH is 1. The third-order valence-corrected chi connectivity index (χ3v) is 2.79. The van der Waals surface area contributed by atoms with Gasteiger partial charge in [-0.1, -0.05) is 54.6 Å². The van der Waals surface area contributed by atoms with E-state index in [1.54, 1.807) is 0 Å². The smallest absolute Gasteiger partial charge is 0.102 e. The van der Waals surface area contributed by atoms with Crippen LogP contribution in [0.15, 0.2) is 54.6 Å². The lowest BCUT2D eigenvalue weighted by Gasteiger charge is -2.06. The molecule has 2 heteroatoms. The summed E-state index contributed by atoms with van der Waals surface area (Å²) in [6.45, 7) is 0. The van der Waals surface area contributed by atoms with E-state index in [0.29, 0.717) is 6.42 Å². The van der Waals surface area contributed by atoms with Crippen LogP contribution in [0.25, 0.3) is 11.1 Å². The Morgan fingerprint density at radius 1 is 0.882 bits per heavy atom. The molecule has 0 radical (unpaired) electrons. The van der Waals surface area contributed by atoms with Crippen molar-refractivity contribution in [3.8, 4) is 11.1 Å². The van der Waals surface area contributed by atoms with Gasteiger partial charge < -0.3 is 10.8 Å². The fourth-order valence-corrected chi connectivity index (χ4v) is 1.81. The topological polar surface area (TPSA) is 46.2 Å². The van der Waals surface area contributed by atoms with Crippen LogP contribution in [-0.4, -0.2) is 11.3 Å². The quantitative estimate of drug-likeness (QED) is 0.788. The van der Waals surface area contributed by atoms with Gasteiger partial charge >= 0.3 is 0 Å². The number of aryl methyl sites for hydroxylation is 1. The minimum atomic E-state index is -0.719.